The lowest BCUT2D eigenvalue weighted by atomic mass is 10.0. The summed E-state index contributed by atoms with van der Waals surface area (Å²) in [5, 5.41) is 11.7. The summed E-state index contributed by atoms with van der Waals surface area (Å²) >= 11 is 0. The van der Waals surface area contributed by atoms with Gasteiger partial charge in [0.2, 0.25) is 5.91 Å². The highest BCUT2D eigenvalue weighted by atomic mass is 16.4. The van der Waals surface area contributed by atoms with Gasteiger partial charge in [-0.1, -0.05) is 18.2 Å². The van der Waals surface area contributed by atoms with Crippen LogP contribution in [0.15, 0.2) is 24.3 Å². The Morgan fingerprint density at radius 2 is 1.84 bits per heavy atom. The van der Waals surface area contributed by atoms with E-state index in [2.05, 4.69) is 5.32 Å². The Morgan fingerprint density at radius 1 is 1.12 bits per heavy atom. The number of piperidine rings is 1. The molecule has 0 unspecified atom stereocenters. The van der Waals surface area contributed by atoms with E-state index in [1.807, 2.05) is 29.2 Å². The first kappa shape index (κ1) is 17.3. The second kappa shape index (κ2) is 7.55. The van der Waals surface area contributed by atoms with Gasteiger partial charge in [-0.15, -0.1) is 0 Å². The van der Waals surface area contributed by atoms with Crippen LogP contribution < -0.4 is 5.32 Å². The number of hydrogen-bond donors (Lipinski definition) is 2. The molecule has 2 aliphatic rings. The number of amides is 3. The van der Waals surface area contributed by atoms with Crippen LogP contribution in [0.3, 0.4) is 0 Å². The van der Waals surface area contributed by atoms with Crippen molar-refractivity contribution in [3.8, 4) is 0 Å². The van der Waals surface area contributed by atoms with E-state index in [1.165, 1.54) is 0 Å². The van der Waals surface area contributed by atoms with Crippen LogP contribution in [0, 0.1) is 0 Å². The van der Waals surface area contributed by atoms with Gasteiger partial charge < -0.3 is 20.2 Å². The number of hydrogen-bond acceptors (Lipinski definition) is 3. The minimum atomic E-state index is -0.955. The van der Waals surface area contributed by atoms with Gasteiger partial charge in [-0.3, -0.25) is 9.59 Å². The Balaban J connectivity index is 1.55. The molecule has 7 heteroatoms. The molecule has 1 aromatic rings. The maximum absolute atomic E-state index is 12.5. The Morgan fingerprint density at radius 3 is 2.56 bits per heavy atom. The smallest absolute Gasteiger partial charge is 0.322 e. The number of carbonyl (C=O) groups excluding carboxylic acids is 2. The molecule has 7 nitrogen and oxygen atoms in total. The van der Waals surface area contributed by atoms with Crippen molar-refractivity contribution in [2.45, 2.75) is 38.1 Å². The molecule has 1 fully saturated rings. The van der Waals surface area contributed by atoms with Gasteiger partial charge in [0.1, 0.15) is 0 Å². The Labute approximate surface area is 146 Å². The Bertz CT molecular complexity index is 668. The van der Waals surface area contributed by atoms with E-state index in [0.29, 0.717) is 19.6 Å². The van der Waals surface area contributed by atoms with E-state index in [4.69, 9.17) is 5.11 Å². The number of carboxylic acids is 1. The maximum Gasteiger partial charge on any atom is 0.322 e. The first-order chi connectivity index (χ1) is 12.0. The van der Waals surface area contributed by atoms with E-state index in [1.54, 1.807) is 4.90 Å². The summed E-state index contributed by atoms with van der Waals surface area (Å²) in [6.45, 7) is 1.81. The zero-order valence-electron chi connectivity index (χ0n) is 14.1. The molecule has 3 rings (SSSR count). The number of nitrogens with zero attached hydrogens (tertiary/aromatic N) is 2. The third kappa shape index (κ3) is 4.10. The van der Waals surface area contributed by atoms with Crippen LogP contribution in [0.5, 0.6) is 0 Å². The number of carboxylic acid groups (broad SMARTS) is 1. The van der Waals surface area contributed by atoms with Crippen LogP contribution in [0.4, 0.5) is 10.5 Å². The largest absolute Gasteiger partial charge is 0.481 e. The number of nitrogens with one attached hydrogen (secondary N) is 1. The van der Waals surface area contributed by atoms with Gasteiger partial charge in [0.25, 0.3) is 0 Å². The van der Waals surface area contributed by atoms with Gasteiger partial charge in [-0.25, -0.2) is 4.79 Å². The molecule has 0 bridgehead atoms. The average Bonchev–Trinajstić information content (AvgIpc) is 2.78. The fraction of sp³-hybridized carbons (Fsp3) is 0.500. The normalized spacial score (nSPS) is 18.3. The second-order valence-corrected chi connectivity index (χ2v) is 6.54. The summed E-state index contributed by atoms with van der Waals surface area (Å²) in [6.07, 6.45) is 2.17. The number of aliphatic carboxylic acids is 1. The molecule has 3 amide bonds. The van der Waals surface area contributed by atoms with Crippen molar-refractivity contribution in [2.24, 2.45) is 0 Å². The fourth-order valence-corrected chi connectivity index (χ4v) is 3.54. The van der Waals surface area contributed by atoms with E-state index >= 15 is 0 Å². The molecular formula is C18H23N3O4. The van der Waals surface area contributed by atoms with E-state index in [0.717, 1.165) is 30.5 Å². The van der Waals surface area contributed by atoms with Crippen molar-refractivity contribution < 1.29 is 19.5 Å². The monoisotopic (exact) mass is 345 g/mol. The number of urea groups is 1. The Hall–Kier alpha value is -2.57. The molecule has 2 heterocycles. The van der Waals surface area contributed by atoms with Crippen LogP contribution in [0.2, 0.25) is 0 Å². The van der Waals surface area contributed by atoms with Crippen molar-refractivity contribution in [3.63, 3.8) is 0 Å². The number of likely N-dealkylation sites (tertiary alicyclic amines) is 1. The molecule has 0 radical (unpaired) electrons. The summed E-state index contributed by atoms with van der Waals surface area (Å²) in [7, 11) is 0. The van der Waals surface area contributed by atoms with Crippen molar-refractivity contribution in [1.29, 1.82) is 0 Å². The number of benzene rings is 1. The minimum absolute atomic E-state index is 0.0412. The van der Waals surface area contributed by atoms with Gasteiger partial charge in [-0.2, -0.15) is 0 Å². The maximum atomic E-state index is 12.5. The number of carbonyl (C=O) groups is 3. The van der Waals surface area contributed by atoms with Crippen LogP contribution in [0.25, 0.3) is 0 Å². The zero-order chi connectivity index (χ0) is 17.8. The molecule has 0 saturated carbocycles. The predicted molar refractivity (Wildman–Crippen MR) is 92.3 cm³/mol. The lowest BCUT2D eigenvalue weighted by Crippen LogP contribution is -2.50. The molecule has 2 aliphatic heterocycles. The van der Waals surface area contributed by atoms with Crippen LogP contribution >= 0.6 is 0 Å². The van der Waals surface area contributed by atoms with Crippen molar-refractivity contribution in [3.05, 3.63) is 29.8 Å². The summed E-state index contributed by atoms with van der Waals surface area (Å²) in [5.74, 6) is -1.07. The highest BCUT2D eigenvalue weighted by molar-refractivity contribution is 5.91. The number of fused-ring (bicyclic) bond motifs is 1. The quantitative estimate of drug-likeness (QED) is 0.872. The fourth-order valence-electron chi connectivity index (χ4n) is 3.54. The summed E-state index contributed by atoms with van der Waals surface area (Å²) in [6, 6.07) is 7.86. The van der Waals surface area contributed by atoms with Crippen LogP contribution in [0.1, 0.15) is 31.2 Å². The minimum Gasteiger partial charge on any atom is -0.481 e. The summed E-state index contributed by atoms with van der Waals surface area (Å²) in [4.78, 5) is 38.7. The van der Waals surface area contributed by atoms with Crippen LogP contribution in [-0.4, -0.2) is 58.5 Å². The average molecular weight is 345 g/mol. The zero-order valence-corrected chi connectivity index (χ0v) is 14.1. The summed E-state index contributed by atoms with van der Waals surface area (Å²) in [5.41, 5.74) is 2.01. The Kier molecular flexibility index (Phi) is 5.21. The lowest BCUT2D eigenvalue weighted by molar-refractivity contribution is -0.141. The number of anilines is 1. The topological polar surface area (TPSA) is 89.9 Å². The molecule has 2 N–H and O–H groups in total. The van der Waals surface area contributed by atoms with Gasteiger partial charge in [-0.05, 0) is 30.9 Å². The van der Waals surface area contributed by atoms with E-state index < -0.39 is 5.97 Å². The van der Waals surface area contributed by atoms with Gasteiger partial charge >= 0.3 is 12.0 Å². The first-order valence-corrected chi connectivity index (χ1v) is 8.69. The van der Waals surface area contributed by atoms with Crippen LogP contribution in [-0.2, 0) is 16.0 Å². The standard InChI is InChI=1S/C18H23N3O4/c22-16(5-6-17(23)24)20-10-8-14(9-11-20)21-12-7-13-3-1-2-4-15(13)19-18(21)25/h1-4,14H,5-12H2,(H,19,25)(H,23,24). The van der Waals surface area contributed by atoms with Crippen molar-refractivity contribution >= 4 is 23.6 Å². The molecule has 1 saturated heterocycles. The molecule has 0 aliphatic carbocycles. The molecule has 0 spiro atoms. The van der Waals surface area contributed by atoms with Gasteiger partial charge in [0.15, 0.2) is 0 Å². The molecule has 0 atom stereocenters. The molecule has 1 aromatic carbocycles. The van der Waals surface area contributed by atoms with Crippen molar-refractivity contribution in [2.75, 3.05) is 25.0 Å². The summed E-state index contributed by atoms with van der Waals surface area (Å²) < 4.78 is 0. The van der Waals surface area contributed by atoms with Gasteiger partial charge in [0, 0.05) is 37.8 Å². The first-order valence-electron chi connectivity index (χ1n) is 8.69. The van der Waals surface area contributed by atoms with E-state index in [-0.39, 0.29) is 30.8 Å². The second-order valence-electron chi connectivity index (χ2n) is 6.54. The van der Waals surface area contributed by atoms with E-state index in [9.17, 15) is 14.4 Å². The number of para-hydroxylation sites is 1. The highest BCUT2D eigenvalue weighted by Crippen LogP contribution is 2.24. The SMILES string of the molecule is O=C(O)CCC(=O)N1CCC(N2CCc3ccccc3NC2=O)CC1. The molecule has 0 aromatic heterocycles. The third-order valence-corrected chi connectivity index (χ3v) is 4.95. The number of rotatable bonds is 4. The molecule has 134 valence electrons. The van der Waals surface area contributed by atoms with Gasteiger partial charge in [0.05, 0.1) is 6.42 Å². The lowest BCUT2D eigenvalue weighted by Gasteiger charge is -2.38. The third-order valence-electron chi connectivity index (χ3n) is 4.95. The predicted octanol–water partition coefficient (Wildman–Crippen LogP) is 1.93. The van der Waals surface area contributed by atoms with Crippen molar-refractivity contribution in [1.82, 2.24) is 9.80 Å². The highest BCUT2D eigenvalue weighted by Gasteiger charge is 2.31. The molecule has 25 heavy (non-hydrogen) atoms. The molecular weight excluding hydrogens is 322 g/mol.